The predicted octanol–water partition coefficient (Wildman–Crippen LogP) is -0.899. The Morgan fingerprint density at radius 2 is 0.923 bits per heavy atom. The topological polar surface area (TPSA) is 114 Å². The molecular weight excluding hydrogens is 315 g/mol. The molecule has 0 saturated heterocycles. The van der Waals surface area contributed by atoms with Crippen LogP contribution >= 0.6 is 0 Å². The van der Waals surface area contributed by atoms with Crippen molar-refractivity contribution in [1.29, 1.82) is 0 Å². The minimum absolute atomic E-state index is 0. The number of hydrogen-bond donors (Lipinski definition) is 0. The van der Waals surface area contributed by atoms with Gasteiger partial charge in [0.2, 0.25) is 0 Å². The standard InChI is InChI=1S/2C2H6O3S.Pd/c2*1-2-6(3,4)5;/h2*2H2,1H3,(H,3,4,5);/q;;+2/p-2. The van der Waals surface area contributed by atoms with E-state index in [2.05, 4.69) is 0 Å². The van der Waals surface area contributed by atoms with E-state index < -0.39 is 20.2 Å². The predicted molar refractivity (Wildman–Crippen MR) is 40.5 cm³/mol. The largest absolute Gasteiger partial charge is 2.00 e. The van der Waals surface area contributed by atoms with Crippen molar-refractivity contribution >= 4 is 20.2 Å². The second-order valence-electron chi connectivity index (χ2n) is 1.69. The molecule has 0 aliphatic carbocycles. The van der Waals surface area contributed by atoms with E-state index in [1.165, 1.54) is 13.8 Å². The second-order valence-corrected chi connectivity index (χ2v) is 5.08. The number of hydrogen-bond acceptors (Lipinski definition) is 6. The molecular formula is C4H10O6PdS2. The molecule has 84 valence electrons. The summed E-state index contributed by atoms with van der Waals surface area (Å²) in [6, 6.07) is 0. The zero-order chi connectivity index (χ0) is 10.4. The molecule has 0 bridgehead atoms. The first-order valence-electron chi connectivity index (χ1n) is 2.99. The quantitative estimate of drug-likeness (QED) is 0.480. The van der Waals surface area contributed by atoms with E-state index in [9.17, 15) is 25.9 Å². The van der Waals surface area contributed by atoms with Crippen LogP contribution < -0.4 is 0 Å². The van der Waals surface area contributed by atoms with Crippen LogP contribution in [-0.4, -0.2) is 37.4 Å². The maximum absolute atomic E-state index is 9.44. The van der Waals surface area contributed by atoms with E-state index in [-0.39, 0.29) is 31.9 Å². The third-order valence-electron chi connectivity index (χ3n) is 0.707. The van der Waals surface area contributed by atoms with E-state index in [4.69, 9.17) is 0 Å². The molecule has 0 N–H and O–H groups in total. The molecule has 0 radical (unpaired) electrons. The monoisotopic (exact) mass is 324 g/mol. The molecule has 0 rings (SSSR count). The minimum atomic E-state index is -3.91. The zero-order valence-electron chi connectivity index (χ0n) is 7.00. The Hall–Kier alpha value is 0.482. The van der Waals surface area contributed by atoms with Gasteiger partial charge in [-0.3, -0.25) is 0 Å². The van der Waals surface area contributed by atoms with Gasteiger partial charge >= 0.3 is 20.4 Å². The third-order valence-corrected chi connectivity index (χ3v) is 2.12. The van der Waals surface area contributed by atoms with Crippen LogP contribution in [0.1, 0.15) is 13.8 Å². The smallest absolute Gasteiger partial charge is 0.748 e. The van der Waals surface area contributed by atoms with Crippen molar-refractivity contribution in [3.63, 3.8) is 0 Å². The zero-order valence-corrected chi connectivity index (χ0v) is 10.2. The average Bonchev–Trinajstić information content (AvgIpc) is 1.86. The molecule has 0 atom stereocenters. The first-order valence-corrected chi connectivity index (χ1v) is 6.15. The van der Waals surface area contributed by atoms with E-state index in [0.717, 1.165) is 0 Å². The summed E-state index contributed by atoms with van der Waals surface area (Å²) in [5.74, 6) is -0.625. The molecule has 0 aliphatic heterocycles. The van der Waals surface area contributed by atoms with Crippen molar-refractivity contribution in [2.75, 3.05) is 11.5 Å². The molecule has 0 fully saturated rings. The maximum Gasteiger partial charge on any atom is 2.00 e. The van der Waals surface area contributed by atoms with Crippen molar-refractivity contribution in [3.05, 3.63) is 0 Å². The van der Waals surface area contributed by atoms with Crippen molar-refractivity contribution in [2.24, 2.45) is 0 Å². The fraction of sp³-hybridized carbons (Fsp3) is 1.00. The van der Waals surface area contributed by atoms with Gasteiger partial charge in [-0.25, -0.2) is 16.8 Å². The molecule has 6 nitrogen and oxygen atoms in total. The van der Waals surface area contributed by atoms with E-state index in [1.807, 2.05) is 0 Å². The second kappa shape index (κ2) is 7.85. The average molecular weight is 325 g/mol. The van der Waals surface area contributed by atoms with Gasteiger partial charge in [-0.05, 0) is 0 Å². The van der Waals surface area contributed by atoms with Gasteiger partial charge < -0.3 is 9.11 Å². The first kappa shape index (κ1) is 19.1. The normalized spacial score (nSPS) is 10.8. The van der Waals surface area contributed by atoms with Gasteiger partial charge in [0.15, 0.2) is 0 Å². The van der Waals surface area contributed by atoms with Crippen molar-refractivity contribution in [3.8, 4) is 0 Å². The first-order chi connectivity index (χ1) is 5.12. The van der Waals surface area contributed by atoms with E-state index in [1.54, 1.807) is 0 Å². The van der Waals surface area contributed by atoms with Crippen LogP contribution in [0.5, 0.6) is 0 Å². The van der Waals surface area contributed by atoms with Gasteiger partial charge in [-0.2, -0.15) is 0 Å². The summed E-state index contributed by atoms with van der Waals surface area (Å²) in [7, 11) is -7.82. The summed E-state index contributed by atoms with van der Waals surface area (Å²) < 4.78 is 56.7. The van der Waals surface area contributed by atoms with Gasteiger partial charge in [0.25, 0.3) is 0 Å². The van der Waals surface area contributed by atoms with Gasteiger partial charge in [-0.1, -0.05) is 13.8 Å². The molecule has 0 aliphatic rings. The van der Waals surface area contributed by atoms with Gasteiger partial charge in [0.1, 0.15) is 0 Å². The molecule has 0 aromatic carbocycles. The molecule has 0 amide bonds. The van der Waals surface area contributed by atoms with Crippen molar-refractivity contribution in [2.45, 2.75) is 13.8 Å². The molecule has 9 heteroatoms. The Bertz CT molecular complexity index is 259. The van der Waals surface area contributed by atoms with Crippen LogP contribution in [0.4, 0.5) is 0 Å². The van der Waals surface area contributed by atoms with Crippen LogP contribution in [0, 0.1) is 0 Å². The van der Waals surface area contributed by atoms with Gasteiger partial charge in [0.05, 0.1) is 20.2 Å². The van der Waals surface area contributed by atoms with E-state index >= 15 is 0 Å². The number of rotatable bonds is 2. The molecule has 0 aromatic rings. The van der Waals surface area contributed by atoms with Crippen LogP contribution in [0.25, 0.3) is 0 Å². The minimum Gasteiger partial charge on any atom is -0.748 e. The fourth-order valence-corrected chi connectivity index (χ4v) is 0. The molecule has 0 spiro atoms. The van der Waals surface area contributed by atoms with Crippen LogP contribution in [0.3, 0.4) is 0 Å². The van der Waals surface area contributed by atoms with E-state index in [0.29, 0.717) is 0 Å². The molecule has 13 heavy (non-hydrogen) atoms. The SMILES string of the molecule is CCS(=O)(=O)[O-].CCS(=O)(=O)[O-].[Pd+2]. The summed E-state index contributed by atoms with van der Waals surface area (Å²) in [5.41, 5.74) is 0. The Labute approximate surface area is 91.9 Å². The Kier molecular flexibility index (Phi) is 11.5. The summed E-state index contributed by atoms with van der Waals surface area (Å²) in [6.45, 7) is 2.62. The molecule has 0 aromatic heterocycles. The molecule has 0 saturated carbocycles. The molecule has 0 unspecified atom stereocenters. The molecule has 0 heterocycles. The van der Waals surface area contributed by atoms with Crippen molar-refractivity contribution < 1.29 is 46.4 Å². The van der Waals surface area contributed by atoms with Gasteiger partial charge in [-0.15, -0.1) is 0 Å². The van der Waals surface area contributed by atoms with Crippen molar-refractivity contribution in [1.82, 2.24) is 0 Å². The maximum atomic E-state index is 9.44. The Balaban J connectivity index is -0.000000143. The fourth-order valence-electron chi connectivity index (χ4n) is 0. The summed E-state index contributed by atoms with van der Waals surface area (Å²) >= 11 is 0. The summed E-state index contributed by atoms with van der Waals surface area (Å²) in [6.07, 6.45) is 0. The van der Waals surface area contributed by atoms with Crippen LogP contribution in [0.15, 0.2) is 0 Å². The summed E-state index contributed by atoms with van der Waals surface area (Å²) in [5, 5.41) is 0. The Morgan fingerprint density at radius 1 is 0.846 bits per heavy atom. The van der Waals surface area contributed by atoms with Gasteiger partial charge in [0, 0.05) is 11.5 Å². The Morgan fingerprint density at radius 3 is 0.923 bits per heavy atom. The third kappa shape index (κ3) is 32.6. The summed E-state index contributed by atoms with van der Waals surface area (Å²) in [4.78, 5) is 0. The van der Waals surface area contributed by atoms with Crippen LogP contribution in [0.2, 0.25) is 0 Å². The van der Waals surface area contributed by atoms with Crippen LogP contribution in [-0.2, 0) is 40.7 Å².